The Morgan fingerprint density at radius 1 is 1.11 bits per heavy atom. The molecule has 2 aromatic carbocycles. The Morgan fingerprint density at radius 2 is 1.82 bits per heavy atom. The van der Waals surface area contributed by atoms with Crippen molar-refractivity contribution in [3.8, 4) is 0 Å². The fourth-order valence-corrected chi connectivity index (χ4v) is 7.48. The van der Waals surface area contributed by atoms with E-state index in [-0.39, 0.29) is 34.8 Å². The number of carbonyl (C=O) groups excluding carboxylic acids is 1. The van der Waals surface area contributed by atoms with Crippen molar-refractivity contribution in [2.75, 3.05) is 16.4 Å². The van der Waals surface area contributed by atoms with E-state index in [9.17, 15) is 17.6 Å². The minimum Gasteiger partial charge on any atom is -0.313 e. The van der Waals surface area contributed by atoms with Crippen molar-refractivity contribution in [3.63, 3.8) is 0 Å². The number of hydrogen-bond donors (Lipinski definition) is 0. The fraction of sp³-hybridized carbons (Fsp3) is 0.300. The van der Waals surface area contributed by atoms with E-state index in [0.29, 0.717) is 11.6 Å². The van der Waals surface area contributed by atoms with Gasteiger partial charge >= 0.3 is 0 Å². The second kappa shape index (κ2) is 7.67. The zero-order valence-electron chi connectivity index (χ0n) is 15.0. The molecular weight excluding hydrogens is 399 g/mol. The Bertz CT molecular complexity index is 1020. The molecule has 28 heavy (non-hydrogen) atoms. The van der Waals surface area contributed by atoms with Gasteiger partial charge in [-0.2, -0.15) is 4.99 Å². The standard InChI is InChI=1S/C20H19FN2O3S2/c21-15-8-4-5-9-16(15)23-17-12-28(25,26)13-18(17)27-20(23)22-19(24)11-10-14-6-2-1-3-7-14/h1-9,17-18H,10-13H2/t17-,18+/m1/s1. The molecule has 4 rings (SSSR count). The smallest absolute Gasteiger partial charge is 0.248 e. The highest BCUT2D eigenvalue weighted by molar-refractivity contribution is 8.16. The summed E-state index contributed by atoms with van der Waals surface area (Å²) >= 11 is 1.25. The molecule has 2 atom stereocenters. The first kappa shape index (κ1) is 19.1. The summed E-state index contributed by atoms with van der Waals surface area (Å²) in [6.45, 7) is 0. The summed E-state index contributed by atoms with van der Waals surface area (Å²) in [6, 6.07) is 15.4. The minimum absolute atomic E-state index is 0.0184. The van der Waals surface area contributed by atoms with Gasteiger partial charge < -0.3 is 4.90 Å². The maximum absolute atomic E-state index is 14.4. The monoisotopic (exact) mass is 418 g/mol. The summed E-state index contributed by atoms with van der Waals surface area (Å²) < 4.78 is 38.5. The summed E-state index contributed by atoms with van der Waals surface area (Å²) in [4.78, 5) is 18.3. The van der Waals surface area contributed by atoms with E-state index in [1.165, 1.54) is 17.8 Å². The largest absolute Gasteiger partial charge is 0.313 e. The van der Waals surface area contributed by atoms with E-state index < -0.39 is 21.7 Å². The number of sulfone groups is 1. The number of thioether (sulfide) groups is 1. The van der Waals surface area contributed by atoms with Crippen LogP contribution < -0.4 is 4.90 Å². The molecular formula is C20H19FN2O3S2. The van der Waals surface area contributed by atoms with Gasteiger partial charge in [-0.3, -0.25) is 4.79 Å². The van der Waals surface area contributed by atoms with Crippen LogP contribution in [0.15, 0.2) is 59.6 Å². The van der Waals surface area contributed by atoms with Gasteiger partial charge in [0.1, 0.15) is 5.82 Å². The van der Waals surface area contributed by atoms with Crippen molar-refractivity contribution >= 4 is 38.4 Å². The molecule has 0 aromatic heterocycles. The van der Waals surface area contributed by atoms with Crippen LogP contribution in [-0.2, 0) is 21.1 Å². The highest BCUT2D eigenvalue weighted by Gasteiger charge is 2.49. The van der Waals surface area contributed by atoms with Gasteiger partial charge in [0.05, 0.1) is 23.2 Å². The van der Waals surface area contributed by atoms with Crippen LogP contribution in [0.4, 0.5) is 10.1 Å². The van der Waals surface area contributed by atoms with Crippen molar-refractivity contribution in [2.45, 2.75) is 24.1 Å². The number of fused-ring (bicyclic) bond motifs is 1. The van der Waals surface area contributed by atoms with E-state index >= 15 is 0 Å². The lowest BCUT2D eigenvalue weighted by Crippen LogP contribution is -2.38. The van der Waals surface area contributed by atoms with Crippen molar-refractivity contribution in [1.82, 2.24) is 0 Å². The molecule has 2 aromatic rings. The van der Waals surface area contributed by atoms with E-state index in [2.05, 4.69) is 4.99 Å². The number of halogens is 1. The van der Waals surface area contributed by atoms with E-state index in [1.807, 2.05) is 30.3 Å². The first-order valence-corrected chi connectivity index (χ1v) is 11.7. The molecule has 8 heteroatoms. The Kier molecular flexibility index (Phi) is 5.25. The average molecular weight is 419 g/mol. The fourth-order valence-electron chi connectivity index (χ4n) is 3.55. The van der Waals surface area contributed by atoms with Crippen LogP contribution in [0.25, 0.3) is 0 Å². The van der Waals surface area contributed by atoms with Crippen LogP contribution in [0.2, 0.25) is 0 Å². The van der Waals surface area contributed by atoms with Crippen molar-refractivity contribution < 1.29 is 17.6 Å². The number of rotatable bonds is 4. The van der Waals surface area contributed by atoms with E-state index in [0.717, 1.165) is 5.56 Å². The molecule has 0 saturated carbocycles. The molecule has 0 spiro atoms. The molecule has 2 aliphatic rings. The van der Waals surface area contributed by atoms with Gasteiger partial charge in [-0.25, -0.2) is 12.8 Å². The molecule has 146 valence electrons. The summed E-state index contributed by atoms with van der Waals surface area (Å²) in [5.41, 5.74) is 1.30. The Labute approximate surface area is 167 Å². The first-order valence-electron chi connectivity index (χ1n) is 8.99. The number of aliphatic imine (C=N–C) groups is 1. The summed E-state index contributed by atoms with van der Waals surface area (Å²) in [7, 11) is -3.18. The molecule has 1 amide bonds. The van der Waals surface area contributed by atoms with Crippen LogP contribution in [0, 0.1) is 5.82 Å². The topological polar surface area (TPSA) is 66.8 Å². The SMILES string of the molecule is O=C(CCc1ccccc1)N=C1S[C@H]2CS(=O)(=O)C[C@H]2N1c1ccccc1F. The molecule has 0 bridgehead atoms. The molecule has 2 heterocycles. The number of nitrogens with zero attached hydrogens (tertiary/aromatic N) is 2. The molecule has 2 saturated heterocycles. The quantitative estimate of drug-likeness (QED) is 0.764. The molecule has 5 nitrogen and oxygen atoms in total. The summed E-state index contributed by atoms with van der Waals surface area (Å²) in [5, 5.41) is 0.137. The predicted molar refractivity (Wildman–Crippen MR) is 110 cm³/mol. The van der Waals surface area contributed by atoms with Crippen molar-refractivity contribution in [1.29, 1.82) is 0 Å². The Morgan fingerprint density at radius 3 is 2.57 bits per heavy atom. The van der Waals surface area contributed by atoms with Gasteiger partial charge in [0.15, 0.2) is 15.0 Å². The third kappa shape index (κ3) is 3.98. The van der Waals surface area contributed by atoms with Crippen LogP contribution in [0.1, 0.15) is 12.0 Å². The zero-order valence-corrected chi connectivity index (χ0v) is 16.6. The molecule has 2 fully saturated rings. The third-order valence-electron chi connectivity index (χ3n) is 4.87. The van der Waals surface area contributed by atoms with Gasteiger partial charge in [-0.15, -0.1) is 0 Å². The Balaban J connectivity index is 1.59. The average Bonchev–Trinajstić information content (AvgIpc) is 3.12. The van der Waals surface area contributed by atoms with Crippen LogP contribution >= 0.6 is 11.8 Å². The number of benzene rings is 2. The highest BCUT2D eigenvalue weighted by Crippen LogP contribution is 2.41. The molecule has 0 radical (unpaired) electrons. The second-order valence-corrected chi connectivity index (χ2v) is 10.3. The Hall–Kier alpha value is -2.19. The van der Waals surface area contributed by atoms with Gasteiger partial charge in [0.2, 0.25) is 5.91 Å². The van der Waals surface area contributed by atoms with E-state index in [4.69, 9.17) is 0 Å². The maximum Gasteiger partial charge on any atom is 0.248 e. The molecule has 2 aliphatic heterocycles. The molecule has 0 unspecified atom stereocenters. The number of hydrogen-bond acceptors (Lipinski definition) is 4. The van der Waals surface area contributed by atoms with Crippen molar-refractivity contribution in [3.05, 3.63) is 66.0 Å². The second-order valence-electron chi connectivity index (χ2n) is 6.90. The van der Waals surface area contributed by atoms with Gasteiger partial charge in [-0.1, -0.05) is 54.2 Å². The molecule has 0 N–H and O–H groups in total. The number of anilines is 1. The van der Waals surface area contributed by atoms with Crippen LogP contribution in [-0.4, -0.2) is 42.3 Å². The number of amidine groups is 1. The van der Waals surface area contributed by atoms with Crippen LogP contribution in [0.3, 0.4) is 0 Å². The molecule has 0 aliphatic carbocycles. The van der Waals surface area contributed by atoms with Gasteiger partial charge in [-0.05, 0) is 24.1 Å². The number of amides is 1. The van der Waals surface area contributed by atoms with Gasteiger partial charge in [0, 0.05) is 11.7 Å². The first-order chi connectivity index (χ1) is 13.4. The van der Waals surface area contributed by atoms with E-state index in [1.54, 1.807) is 23.1 Å². The normalized spacial score (nSPS) is 24.5. The maximum atomic E-state index is 14.4. The van der Waals surface area contributed by atoms with Gasteiger partial charge in [0.25, 0.3) is 0 Å². The highest BCUT2D eigenvalue weighted by atomic mass is 32.2. The number of para-hydroxylation sites is 1. The summed E-state index contributed by atoms with van der Waals surface area (Å²) in [5.74, 6) is -0.797. The number of carbonyl (C=O) groups is 1. The minimum atomic E-state index is -3.18. The zero-order chi connectivity index (χ0) is 19.7. The summed E-state index contributed by atoms with van der Waals surface area (Å²) in [6.07, 6.45) is 0.814. The third-order valence-corrected chi connectivity index (χ3v) is 8.08. The van der Waals surface area contributed by atoms with Crippen LogP contribution in [0.5, 0.6) is 0 Å². The predicted octanol–water partition coefficient (Wildman–Crippen LogP) is 3.06. The number of aryl methyl sites for hydroxylation is 1. The lowest BCUT2D eigenvalue weighted by Gasteiger charge is -2.24. The lowest BCUT2D eigenvalue weighted by molar-refractivity contribution is -0.117. The van der Waals surface area contributed by atoms with Crippen molar-refractivity contribution in [2.24, 2.45) is 4.99 Å². The lowest BCUT2D eigenvalue weighted by atomic mass is 10.1.